The molecule has 2 N–H and O–H groups in total. The molecule has 1 aliphatic rings. The van der Waals surface area contributed by atoms with Crippen LogP contribution in [0.3, 0.4) is 0 Å². The van der Waals surface area contributed by atoms with Gasteiger partial charge in [-0.1, -0.05) is 29.3 Å². The number of β-amino-alcohol motifs (C(OH)–C–C–N with tert-alkyl or cyclic N) is 1. The van der Waals surface area contributed by atoms with Gasteiger partial charge < -0.3 is 14.9 Å². The fourth-order valence-electron chi connectivity index (χ4n) is 2.61. The van der Waals surface area contributed by atoms with E-state index in [1.54, 1.807) is 26.8 Å². The Morgan fingerprint density at radius 2 is 1.92 bits per heavy atom. The number of aliphatic carboxylic acids is 1. The maximum atomic E-state index is 12.3. The highest BCUT2D eigenvalue weighted by atomic mass is 35.5. The number of carbonyl (C=O) groups excluding carboxylic acids is 1. The first-order valence-corrected chi connectivity index (χ1v) is 8.09. The second-order valence-electron chi connectivity index (χ2n) is 6.83. The van der Waals surface area contributed by atoms with E-state index in [2.05, 4.69) is 0 Å². The summed E-state index contributed by atoms with van der Waals surface area (Å²) in [6, 6.07) is 3.36. The number of likely N-dealkylation sites (tertiary alicyclic amines) is 1. The minimum atomic E-state index is -1.55. The van der Waals surface area contributed by atoms with Crippen molar-refractivity contribution in [2.24, 2.45) is 0 Å². The number of amides is 1. The van der Waals surface area contributed by atoms with Gasteiger partial charge in [-0.05, 0) is 38.5 Å². The standard InChI is InChI=1S/C16H19Cl2NO5/c1-15(2,3)24-14(22)19-8-16(23,7-12(19)13(20)21)9-4-5-10(17)11(18)6-9/h4-6,12,23H,7-8H2,1-3H3,(H,20,21). The molecule has 1 amide bonds. The third-order valence-corrected chi connectivity index (χ3v) is 4.45. The van der Waals surface area contributed by atoms with E-state index in [9.17, 15) is 19.8 Å². The fourth-order valence-corrected chi connectivity index (χ4v) is 2.91. The van der Waals surface area contributed by atoms with Crippen LogP contribution in [-0.4, -0.2) is 45.4 Å². The number of aliphatic hydroxyl groups is 1. The molecule has 1 aliphatic heterocycles. The van der Waals surface area contributed by atoms with Crippen LogP contribution in [0.4, 0.5) is 4.79 Å². The number of carboxylic acid groups (broad SMARTS) is 1. The zero-order valence-corrected chi connectivity index (χ0v) is 15.1. The second kappa shape index (κ2) is 6.43. The quantitative estimate of drug-likeness (QED) is 0.827. The van der Waals surface area contributed by atoms with Gasteiger partial charge in [0.25, 0.3) is 0 Å². The molecule has 2 unspecified atom stereocenters. The molecular weight excluding hydrogens is 357 g/mol. The van der Waals surface area contributed by atoms with E-state index in [0.29, 0.717) is 10.6 Å². The maximum absolute atomic E-state index is 12.3. The number of hydrogen-bond acceptors (Lipinski definition) is 4. The fraction of sp³-hybridized carbons (Fsp3) is 0.500. The smallest absolute Gasteiger partial charge is 0.411 e. The van der Waals surface area contributed by atoms with Crippen LogP contribution in [0.2, 0.25) is 10.0 Å². The minimum absolute atomic E-state index is 0.167. The maximum Gasteiger partial charge on any atom is 0.411 e. The summed E-state index contributed by atoms with van der Waals surface area (Å²) in [5.74, 6) is -1.21. The van der Waals surface area contributed by atoms with Crippen molar-refractivity contribution in [2.75, 3.05) is 6.54 Å². The summed E-state index contributed by atoms with van der Waals surface area (Å²) in [5.41, 5.74) is -1.92. The summed E-state index contributed by atoms with van der Waals surface area (Å²) in [4.78, 5) is 24.8. The summed E-state index contributed by atoms with van der Waals surface area (Å²) < 4.78 is 5.24. The van der Waals surface area contributed by atoms with Crippen LogP contribution in [0, 0.1) is 0 Å². The topological polar surface area (TPSA) is 87.1 Å². The molecule has 2 rings (SSSR count). The SMILES string of the molecule is CC(C)(C)OC(=O)N1CC(O)(c2ccc(Cl)c(Cl)c2)CC1C(=O)O. The van der Waals surface area contributed by atoms with E-state index in [4.69, 9.17) is 27.9 Å². The third kappa shape index (κ3) is 3.94. The van der Waals surface area contributed by atoms with Gasteiger partial charge in [-0.3, -0.25) is 4.90 Å². The van der Waals surface area contributed by atoms with Crippen LogP contribution < -0.4 is 0 Å². The lowest BCUT2D eigenvalue weighted by molar-refractivity contribution is -0.142. The Labute approximate surface area is 149 Å². The van der Waals surface area contributed by atoms with E-state index < -0.39 is 29.3 Å². The number of nitrogens with zero attached hydrogens (tertiary/aromatic N) is 1. The molecule has 0 bridgehead atoms. The first-order valence-electron chi connectivity index (χ1n) is 7.33. The molecule has 1 saturated heterocycles. The monoisotopic (exact) mass is 375 g/mol. The highest BCUT2D eigenvalue weighted by Gasteiger charge is 2.50. The molecule has 0 saturated carbocycles. The summed E-state index contributed by atoms with van der Waals surface area (Å²) in [5, 5.41) is 20.9. The number of carboxylic acids is 1. The van der Waals surface area contributed by atoms with Gasteiger partial charge in [0, 0.05) is 6.42 Å². The van der Waals surface area contributed by atoms with Crippen LogP contribution in [0.5, 0.6) is 0 Å². The van der Waals surface area contributed by atoms with Gasteiger partial charge in [0.1, 0.15) is 17.2 Å². The molecule has 1 aromatic carbocycles. The van der Waals surface area contributed by atoms with Gasteiger partial charge in [-0.2, -0.15) is 0 Å². The van der Waals surface area contributed by atoms with Crippen molar-refractivity contribution in [2.45, 2.75) is 44.4 Å². The van der Waals surface area contributed by atoms with E-state index in [1.807, 2.05) is 0 Å². The molecule has 0 aromatic heterocycles. The molecule has 1 aromatic rings. The lowest BCUT2D eigenvalue weighted by Gasteiger charge is -2.27. The average Bonchev–Trinajstić information content (AvgIpc) is 2.80. The van der Waals surface area contributed by atoms with E-state index >= 15 is 0 Å². The molecule has 6 nitrogen and oxygen atoms in total. The van der Waals surface area contributed by atoms with Crippen molar-refractivity contribution in [3.63, 3.8) is 0 Å². The average molecular weight is 376 g/mol. The third-order valence-electron chi connectivity index (χ3n) is 3.71. The summed E-state index contributed by atoms with van der Waals surface area (Å²) in [6.07, 6.45) is -0.953. The molecule has 0 spiro atoms. The summed E-state index contributed by atoms with van der Waals surface area (Å²) in [6.45, 7) is 4.84. The minimum Gasteiger partial charge on any atom is -0.480 e. The Morgan fingerprint density at radius 3 is 2.42 bits per heavy atom. The van der Waals surface area contributed by atoms with Gasteiger partial charge in [0.05, 0.1) is 16.6 Å². The summed E-state index contributed by atoms with van der Waals surface area (Å²) in [7, 11) is 0. The molecular formula is C16H19Cl2NO5. The Kier molecular flexibility index (Phi) is 5.04. The first kappa shape index (κ1) is 18.8. The van der Waals surface area contributed by atoms with Gasteiger partial charge in [-0.15, -0.1) is 0 Å². The van der Waals surface area contributed by atoms with E-state index in [1.165, 1.54) is 12.1 Å². The normalized spacial score (nSPS) is 24.1. The van der Waals surface area contributed by atoms with Crippen molar-refractivity contribution in [3.05, 3.63) is 33.8 Å². The number of rotatable bonds is 2. The molecule has 1 fully saturated rings. The van der Waals surface area contributed by atoms with Crippen molar-refractivity contribution in [3.8, 4) is 0 Å². The van der Waals surface area contributed by atoms with Crippen LogP contribution >= 0.6 is 23.2 Å². The number of hydrogen-bond donors (Lipinski definition) is 2. The molecule has 0 radical (unpaired) electrons. The van der Waals surface area contributed by atoms with Crippen molar-refractivity contribution < 1.29 is 24.5 Å². The first-order chi connectivity index (χ1) is 10.9. The van der Waals surface area contributed by atoms with Crippen molar-refractivity contribution in [1.29, 1.82) is 0 Å². The molecule has 24 heavy (non-hydrogen) atoms. The predicted octanol–water partition coefficient (Wildman–Crippen LogP) is 3.28. The zero-order valence-electron chi connectivity index (χ0n) is 13.5. The lowest BCUT2D eigenvalue weighted by atomic mass is 9.91. The zero-order chi connectivity index (χ0) is 18.3. The Bertz CT molecular complexity index is 673. The number of carbonyl (C=O) groups is 2. The van der Waals surface area contributed by atoms with Crippen LogP contribution in [0.25, 0.3) is 0 Å². The molecule has 2 atom stereocenters. The van der Waals surface area contributed by atoms with Gasteiger partial charge in [0.2, 0.25) is 0 Å². The van der Waals surface area contributed by atoms with Gasteiger partial charge in [-0.25, -0.2) is 9.59 Å². The lowest BCUT2D eigenvalue weighted by Crippen LogP contribution is -2.43. The predicted molar refractivity (Wildman–Crippen MR) is 89.3 cm³/mol. The second-order valence-corrected chi connectivity index (χ2v) is 7.64. The Balaban J connectivity index is 2.33. The van der Waals surface area contributed by atoms with Gasteiger partial charge in [0.15, 0.2) is 0 Å². The van der Waals surface area contributed by atoms with E-state index in [-0.39, 0.29) is 18.0 Å². The van der Waals surface area contributed by atoms with E-state index in [0.717, 1.165) is 4.90 Å². The van der Waals surface area contributed by atoms with Crippen LogP contribution in [0.15, 0.2) is 18.2 Å². The molecule has 0 aliphatic carbocycles. The highest BCUT2D eigenvalue weighted by Crippen LogP contribution is 2.38. The van der Waals surface area contributed by atoms with Crippen molar-refractivity contribution >= 4 is 35.3 Å². The van der Waals surface area contributed by atoms with Gasteiger partial charge >= 0.3 is 12.1 Å². The number of halogens is 2. The number of benzene rings is 1. The van der Waals surface area contributed by atoms with Crippen LogP contribution in [-0.2, 0) is 15.1 Å². The Morgan fingerprint density at radius 1 is 1.29 bits per heavy atom. The molecule has 132 valence electrons. The highest BCUT2D eigenvalue weighted by molar-refractivity contribution is 6.42. The summed E-state index contributed by atoms with van der Waals surface area (Å²) >= 11 is 11.8. The largest absolute Gasteiger partial charge is 0.480 e. The molecule has 1 heterocycles. The Hall–Kier alpha value is -1.50. The van der Waals surface area contributed by atoms with Crippen molar-refractivity contribution in [1.82, 2.24) is 4.90 Å². The van der Waals surface area contributed by atoms with Crippen LogP contribution in [0.1, 0.15) is 32.8 Å². The molecule has 8 heteroatoms. The number of ether oxygens (including phenoxy) is 1.